The molecule has 1 fully saturated rings. The number of ether oxygens (including phenoxy) is 1. The zero-order valence-corrected chi connectivity index (χ0v) is 10.1. The van der Waals surface area contributed by atoms with E-state index in [-0.39, 0.29) is 6.54 Å². The lowest BCUT2D eigenvalue weighted by atomic mass is 10.3. The molecule has 1 aliphatic rings. The van der Waals surface area contributed by atoms with Crippen LogP contribution in [0.15, 0.2) is 24.8 Å². The molecule has 3 rings (SSSR count). The Morgan fingerprint density at radius 2 is 1.85 bits per heavy atom. The van der Waals surface area contributed by atoms with E-state index in [4.69, 9.17) is 0 Å². The van der Waals surface area contributed by atoms with E-state index >= 15 is 0 Å². The molecular weight excluding hydrogens is 280 g/mol. The summed E-state index contributed by atoms with van der Waals surface area (Å²) in [6, 6.07) is 0. The van der Waals surface area contributed by atoms with Crippen LogP contribution in [0.3, 0.4) is 0 Å². The Morgan fingerprint density at radius 3 is 2.55 bits per heavy atom. The lowest BCUT2D eigenvalue weighted by molar-refractivity contribution is -0.405. The molecular formula is C11H10F4N4O. The van der Waals surface area contributed by atoms with Crippen molar-refractivity contribution in [3.63, 3.8) is 0 Å². The second-order valence-corrected chi connectivity index (χ2v) is 4.58. The molecule has 0 bridgehead atoms. The number of rotatable bonds is 2. The van der Waals surface area contributed by atoms with Gasteiger partial charge in [-0.15, -0.1) is 0 Å². The average Bonchev–Trinajstić information content (AvgIpc) is 2.69. The number of alkyl halides is 4. The molecule has 2 aromatic rings. The van der Waals surface area contributed by atoms with Crippen molar-refractivity contribution in [3.05, 3.63) is 30.5 Å². The third-order valence-corrected chi connectivity index (χ3v) is 2.89. The summed E-state index contributed by atoms with van der Waals surface area (Å²) in [5.74, 6) is 0. The third-order valence-electron chi connectivity index (χ3n) is 2.89. The Labute approximate surface area is 110 Å². The van der Waals surface area contributed by atoms with E-state index in [1.54, 1.807) is 10.6 Å². The first kappa shape index (κ1) is 13.3. The quantitative estimate of drug-likeness (QED) is 0.790. The van der Waals surface area contributed by atoms with Gasteiger partial charge in [-0.25, -0.2) is 4.98 Å². The van der Waals surface area contributed by atoms with Crippen molar-refractivity contribution in [2.75, 3.05) is 13.1 Å². The first-order valence-corrected chi connectivity index (χ1v) is 5.79. The van der Waals surface area contributed by atoms with Crippen LogP contribution in [-0.4, -0.2) is 44.6 Å². The molecule has 0 unspecified atom stereocenters. The summed E-state index contributed by atoms with van der Waals surface area (Å²) in [4.78, 5) is 8.82. The van der Waals surface area contributed by atoms with E-state index in [0.29, 0.717) is 11.3 Å². The van der Waals surface area contributed by atoms with Crippen LogP contribution in [0.1, 0.15) is 5.69 Å². The van der Waals surface area contributed by atoms with Gasteiger partial charge in [0.1, 0.15) is 0 Å². The summed E-state index contributed by atoms with van der Waals surface area (Å²) in [6.45, 7) is -1.86. The molecule has 0 spiro atoms. The fourth-order valence-electron chi connectivity index (χ4n) is 2.21. The summed E-state index contributed by atoms with van der Waals surface area (Å²) < 4.78 is 57.5. The Hall–Kier alpha value is -1.74. The maximum absolute atomic E-state index is 13.1. The maximum atomic E-state index is 13.1. The minimum absolute atomic E-state index is 0.0836. The number of aromatic nitrogens is 3. The van der Waals surface area contributed by atoms with Gasteiger partial charge < -0.3 is 0 Å². The van der Waals surface area contributed by atoms with E-state index in [9.17, 15) is 17.6 Å². The predicted molar refractivity (Wildman–Crippen MR) is 59.2 cm³/mol. The highest BCUT2D eigenvalue weighted by Crippen LogP contribution is 2.33. The summed E-state index contributed by atoms with van der Waals surface area (Å²) in [7, 11) is 0. The first-order chi connectivity index (χ1) is 9.35. The van der Waals surface area contributed by atoms with E-state index in [2.05, 4.69) is 14.7 Å². The minimum Gasteiger partial charge on any atom is -0.300 e. The fraction of sp³-hybridized carbons (Fsp3) is 0.455. The van der Waals surface area contributed by atoms with Gasteiger partial charge in [-0.05, 0) is 0 Å². The highest BCUT2D eigenvalue weighted by Gasteiger charge is 2.51. The van der Waals surface area contributed by atoms with Gasteiger partial charge in [0, 0.05) is 18.9 Å². The Balaban J connectivity index is 1.84. The van der Waals surface area contributed by atoms with Crippen LogP contribution in [0.4, 0.5) is 17.6 Å². The summed E-state index contributed by atoms with van der Waals surface area (Å²) in [6.07, 6.45) is -1.71. The first-order valence-electron chi connectivity index (χ1n) is 5.79. The van der Waals surface area contributed by atoms with Crippen LogP contribution in [0, 0.1) is 0 Å². The highest BCUT2D eigenvalue weighted by atomic mass is 19.3. The summed E-state index contributed by atoms with van der Waals surface area (Å²) in [5, 5.41) is 0. The van der Waals surface area contributed by atoms with Crippen LogP contribution in [-0.2, 0) is 11.3 Å². The molecule has 0 aliphatic carbocycles. The number of halogens is 4. The molecule has 0 aromatic carbocycles. The standard InChI is InChI=1S/C11H10F4N4O/c12-10(13)6-18(7-11(14,15)20-10)5-8-3-17-9-4-16-1-2-19(8)9/h1-4H,5-7H2. The zero-order valence-electron chi connectivity index (χ0n) is 10.1. The van der Waals surface area contributed by atoms with E-state index < -0.39 is 25.3 Å². The molecule has 5 nitrogen and oxygen atoms in total. The Bertz CT molecular complexity index is 614. The number of hydrogen-bond acceptors (Lipinski definition) is 4. The topological polar surface area (TPSA) is 42.7 Å². The second-order valence-electron chi connectivity index (χ2n) is 4.58. The molecule has 0 atom stereocenters. The highest BCUT2D eigenvalue weighted by molar-refractivity contribution is 5.36. The van der Waals surface area contributed by atoms with Crippen molar-refractivity contribution in [3.8, 4) is 0 Å². The van der Waals surface area contributed by atoms with Gasteiger partial charge in [-0.3, -0.25) is 19.0 Å². The van der Waals surface area contributed by atoms with Crippen molar-refractivity contribution < 1.29 is 22.3 Å². The Kier molecular flexibility index (Phi) is 2.91. The molecule has 20 heavy (non-hydrogen) atoms. The van der Waals surface area contributed by atoms with Gasteiger partial charge in [0.25, 0.3) is 0 Å². The van der Waals surface area contributed by atoms with Crippen LogP contribution in [0.2, 0.25) is 0 Å². The number of imidazole rings is 1. The van der Waals surface area contributed by atoms with Crippen LogP contribution < -0.4 is 0 Å². The van der Waals surface area contributed by atoms with Gasteiger partial charge in [-0.1, -0.05) is 0 Å². The van der Waals surface area contributed by atoms with Gasteiger partial charge in [0.05, 0.1) is 31.2 Å². The summed E-state index contributed by atoms with van der Waals surface area (Å²) in [5.41, 5.74) is 1.05. The lowest BCUT2D eigenvalue weighted by Gasteiger charge is -2.36. The monoisotopic (exact) mass is 290 g/mol. The smallest absolute Gasteiger partial charge is 0.300 e. The normalized spacial score (nSPS) is 22.2. The molecule has 0 saturated carbocycles. The number of morpholine rings is 1. The fourth-order valence-corrected chi connectivity index (χ4v) is 2.21. The van der Waals surface area contributed by atoms with E-state index in [1.165, 1.54) is 18.6 Å². The van der Waals surface area contributed by atoms with Crippen LogP contribution in [0.5, 0.6) is 0 Å². The Morgan fingerprint density at radius 1 is 1.15 bits per heavy atom. The minimum atomic E-state index is -3.87. The lowest BCUT2D eigenvalue weighted by Crippen LogP contribution is -2.54. The van der Waals surface area contributed by atoms with Crippen molar-refractivity contribution in [2.45, 2.75) is 18.8 Å². The summed E-state index contributed by atoms with van der Waals surface area (Å²) >= 11 is 0. The average molecular weight is 290 g/mol. The molecule has 1 aliphatic heterocycles. The number of hydrogen-bond donors (Lipinski definition) is 0. The number of nitrogens with zero attached hydrogens (tertiary/aromatic N) is 4. The number of fused-ring (bicyclic) bond motifs is 1. The van der Waals surface area contributed by atoms with Crippen molar-refractivity contribution in [1.29, 1.82) is 0 Å². The van der Waals surface area contributed by atoms with Gasteiger partial charge in [0.15, 0.2) is 5.65 Å². The van der Waals surface area contributed by atoms with Crippen molar-refractivity contribution >= 4 is 5.65 Å². The molecule has 1 saturated heterocycles. The molecule has 108 valence electrons. The molecule has 2 aromatic heterocycles. The van der Waals surface area contributed by atoms with Crippen molar-refractivity contribution in [2.24, 2.45) is 0 Å². The SMILES string of the molecule is FC1(F)CN(Cc2cnc3cnccn23)CC(F)(F)O1. The molecule has 3 heterocycles. The maximum Gasteiger partial charge on any atom is 0.372 e. The molecule has 9 heteroatoms. The second kappa shape index (κ2) is 4.38. The van der Waals surface area contributed by atoms with Gasteiger partial charge in [0.2, 0.25) is 0 Å². The van der Waals surface area contributed by atoms with Gasteiger partial charge >= 0.3 is 12.2 Å². The largest absolute Gasteiger partial charge is 0.372 e. The van der Waals surface area contributed by atoms with Crippen LogP contribution >= 0.6 is 0 Å². The zero-order chi connectivity index (χ0) is 14.4. The van der Waals surface area contributed by atoms with Crippen molar-refractivity contribution in [1.82, 2.24) is 19.3 Å². The van der Waals surface area contributed by atoms with Crippen LogP contribution in [0.25, 0.3) is 5.65 Å². The predicted octanol–water partition coefficient (Wildman–Crippen LogP) is 1.75. The molecule has 0 radical (unpaired) electrons. The van der Waals surface area contributed by atoms with Gasteiger partial charge in [-0.2, -0.15) is 17.6 Å². The van der Waals surface area contributed by atoms with E-state index in [1.807, 2.05) is 0 Å². The molecule has 0 amide bonds. The molecule has 0 N–H and O–H groups in total. The van der Waals surface area contributed by atoms with E-state index in [0.717, 1.165) is 4.90 Å². The third kappa shape index (κ3) is 2.59.